The fourth-order valence-electron chi connectivity index (χ4n) is 4.63. The first-order valence-electron chi connectivity index (χ1n) is 8.59. The van der Waals surface area contributed by atoms with Gasteiger partial charge in [0.1, 0.15) is 5.82 Å². The van der Waals surface area contributed by atoms with Crippen LogP contribution >= 0.6 is 15.9 Å². The third-order valence-electron chi connectivity index (χ3n) is 5.74. The number of halogens is 1. The summed E-state index contributed by atoms with van der Waals surface area (Å²) in [6.07, 6.45) is 10.2. The van der Waals surface area contributed by atoms with Crippen LogP contribution in [0.3, 0.4) is 0 Å². The first-order valence-corrected chi connectivity index (χ1v) is 9.39. The Kier molecular flexibility index (Phi) is 3.20. The van der Waals surface area contributed by atoms with Gasteiger partial charge in [-0.15, -0.1) is 0 Å². The second kappa shape index (κ2) is 5.31. The van der Waals surface area contributed by atoms with Crippen molar-refractivity contribution in [3.05, 3.63) is 58.3 Å². The van der Waals surface area contributed by atoms with Crippen LogP contribution in [0.1, 0.15) is 42.9 Å². The molecule has 1 spiro atoms. The van der Waals surface area contributed by atoms with Gasteiger partial charge < -0.3 is 5.32 Å². The lowest BCUT2D eigenvalue weighted by Gasteiger charge is -2.32. The van der Waals surface area contributed by atoms with Gasteiger partial charge in [0.05, 0.1) is 16.7 Å². The Balaban J connectivity index is 1.56. The van der Waals surface area contributed by atoms with E-state index in [1.165, 1.54) is 43.2 Å². The van der Waals surface area contributed by atoms with Crippen molar-refractivity contribution in [3.63, 3.8) is 0 Å². The quantitative estimate of drug-likeness (QED) is 0.694. The molecule has 1 N–H and O–H groups in total. The number of fused-ring (bicyclic) bond motifs is 2. The first-order chi connectivity index (χ1) is 11.8. The summed E-state index contributed by atoms with van der Waals surface area (Å²) >= 11 is 3.53. The third-order valence-corrected chi connectivity index (χ3v) is 6.30. The maximum atomic E-state index is 4.77. The highest BCUT2D eigenvalue weighted by atomic mass is 79.9. The van der Waals surface area contributed by atoms with E-state index in [0.29, 0.717) is 11.5 Å². The molecule has 3 aromatic rings. The minimum atomic E-state index is 0.354. The number of aromatic nitrogens is 3. The van der Waals surface area contributed by atoms with Crippen LogP contribution in [-0.4, -0.2) is 14.6 Å². The van der Waals surface area contributed by atoms with Gasteiger partial charge in [0.25, 0.3) is 0 Å². The maximum Gasteiger partial charge on any atom is 0.171 e. The lowest BCUT2D eigenvalue weighted by atomic mass is 9.79. The third kappa shape index (κ3) is 2.10. The molecule has 2 aliphatic rings. The van der Waals surface area contributed by atoms with Crippen LogP contribution in [0.4, 0.5) is 5.82 Å². The monoisotopic (exact) mass is 382 g/mol. The molecule has 0 bridgehead atoms. The van der Waals surface area contributed by atoms with Crippen molar-refractivity contribution >= 4 is 27.4 Å². The van der Waals surface area contributed by atoms with E-state index in [-0.39, 0.29) is 0 Å². The fourth-order valence-corrected chi connectivity index (χ4v) is 4.99. The molecular weight excluding hydrogens is 364 g/mol. The predicted octanol–water partition coefficient (Wildman–Crippen LogP) is 4.76. The van der Waals surface area contributed by atoms with Crippen LogP contribution in [0.5, 0.6) is 0 Å². The van der Waals surface area contributed by atoms with Gasteiger partial charge in [0.2, 0.25) is 0 Å². The topological polar surface area (TPSA) is 42.2 Å². The molecule has 4 nitrogen and oxygen atoms in total. The molecule has 1 atom stereocenters. The van der Waals surface area contributed by atoms with Gasteiger partial charge in [-0.2, -0.15) is 5.10 Å². The van der Waals surface area contributed by atoms with Crippen LogP contribution in [0, 0.1) is 5.41 Å². The van der Waals surface area contributed by atoms with Gasteiger partial charge in [-0.25, -0.2) is 9.50 Å². The van der Waals surface area contributed by atoms with Crippen molar-refractivity contribution in [2.45, 2.75) is 38.1 Å². The summed E-state index contributed by atoms with van der Waals surface area (Å²) in [5.41, 5.74) is 4.17. The van der Waals surface area contributed by atoms with Crippen LogP contribution in [0.15, 0.2) is 47.2 Å². The minimum absolute atomic E-state index is 0.354. The minimum Gasteiger partial charge on any atom is -0.363 e. The molecule has 0 radical (unpaired) electrons. The van der Waals surface area contributed by atoms with Crippen molar-refractivity contribution in [1.29, 1.82) is 0 Å². The molecule has 0 saturated heterocycles. The van der Waals surface area contributed by atoms with Crippen molar-refractivity contribution in [1.82, 2.24) is 14.6 Å². The van der Waals surface area contributed by atoms with Crippen molar-refractivity contribution in [2.24, 2.45) is 5.41 Å². The summed E-state index contributed by atoms with van der Waals surface area (Å²) in [5, 5.41) is 8.04. The van der Waals surface area contributed by atoms with Gasteiger partial charge in [0, 0.05) is 6.20 Å². The molecule has 1 unspecified atom stereocenters. The Bertz CT molecular complexity index is 911. The van der Waals surface area contributed by atoms with Crippen molar-refractivity contribution < 1.29 is 0 Å². The van der Waals surface area contributed by atoms with Gasteiger partial charge in [-0.3, -0.25) is 0 Å². The molecule has 5 heteroatoms. The number of anilines is 1. The molecule has 2 aliphatic carbocycles. The molecule has 2 aromatic heterocycles. The summed E-state index contributed by atoms with van der Waals surface area (Å²) < 4.78 is 2.72. The normalized spacial score (nSPS) is 21.5. The van der Waals surface area contributed by atoms with E-state index in [0.717, 1.165) is 15.9 Å². The molecule has 1 fully saturated rings. The van der Waals surface area contributed by atoms with Gasteiger partial charge >= 0.3 is 0 Å². The van der Waals surface area contributed by atoms with E-state index in [9.17, 15) is 0 Å². The van der Waals surface area contributed by atoms with E-state index in [1.54, 1.807) is 10.7 Å². The lowest BCUT2D eigenvalue weighted by molar-refractivity contribution is 0.271. The summed E-state index contributed by atoms with van der Waals surface area (Å²) in [5.74, 6) is 0.927. The van der Waals surface area contributed by atoms with Crippen LogP contribution in [0.25, 0.3) is 5.65 Å². The molecule has 2 heterocycles. The first kappa shape index (κ1) is 14.5. The maximum absolute atomic E-state index is 4.77. The molecule has 24 heavy (non-hydrogen) atoms. The Morgan fingerprint density at radius 1 is 1.17 bits per heavy atom. The average molecular weight is 383 g/mol. The number of nitrogens with zero attached hydrogens (tertiary/aromatic N) is 3. The zero-order chi connectivity index (χ0) is 16.1. The fraction of sp³-hybridized carbons (Fsp3) is 0.368. The second-order valence-electron chi connectivity index (χ2n) is 7.10. The van der Waals surface area contributed by atoms with Crippen LogP contribution in [0.2, 0.25) is 0 Å². The van der Waals surface area contributed by atoms with E-state index in [4.69, 9.17) is 4.98 Å². The van der Waals surface area contributed by atoms with Crippen molar-refractivity contribution in [3.8, 4) is 0 Å². The highest BCUT2D eigenvalue weighted by Crippen LogP contribution is 2.56. The van der Waals surface area contributed by atoms with E-state index in [2.05, 4.69) is 50.6 Å². The SMILES string of the molecule is Brc1cnn2ccc(NC3c4ccccc4CC34CCCC4)nc12. The Morgan fingerprint density at radius 3 is 2.88 bits per heavy atom. The molecule has 122 valence electrons. The van der Waals surface area contributed by atoms with Gasteiger partial charge in [-0.05, 0) is 57.8 Å². The number of hydrogen-bond donors (Lipinski definition) is 1. The lowest BCUT2D eigenvalue weighted by Crippen LogP contribution is -2.28. The molecule has 1 aromatic carbocycles. The number of nitrogens with one attached hydrogen (secondary N) is 1. The van der Waals surface area contributed by atoms with Crippen molar-refractivity contribution in [2.75, 3.05) is 5.32 Å². The smallest absolute Gasteiger partial charge is 0.171 e. The standard InChI is InChI=1S/C19H19BrN4/c20-15-12-21-24-10-7-16(23-18(15)24)22-17-14-6-2-1-5-13(14)11-19(17)8-3-4-9-19/h1-2,5-7,10,12,17H,3-4,8-9,11H2,(H,22,23). The van der Waals surface area contributed by atoms with Gasteiger partial charge in [0.15, 0.2) is 5.65 Å². The second-order valence-corrected chi connectivity index (χ2v) is 7.95. The number of benzene rings is 1. The average Bonchev–Trinajstić information content (AvgIpc) is 3.29. The van der Waals surface area contributed by atoms with E-state index < -0.39 is 0 Å². The summed E-state index contributed by atoms with van der Waals surface area (Å²) in [7, 11) is 0. The summed E-state index contributed by atoms with van der Waals surface area (Å²) in [6, 6.07) is 11.3. The van der Waals surface area contributed by atoms with Crippen LogP contribution < -0.4 is 5.32 Å². The summed E-state index contributed by atoms with van der Waals surface area (Å²) in [4.78, 5) is 4.77. The molecular formula is C19H19BrN4. The van der Waals surface area contributed by atoms with Gasteiger partial charge in [-0.1, -0.05) is 37.1 Å². The summed E-state index contributed by atoms with van der Waals surface area (Å²) in [6.45, 7) is 0. The zero-order valence-electron chi connectivity index (χ0n) is 13.4. The molecule has 0 aliphatic heterocycles. The zero-order valence-corrected chi connectivity index (χ0v) is 15.0. The number of rotatable bonds is 2. The predicted molar refractivity (Wildman–Crippen MR) is 98.1 cm³/mol. The highest BCUT2D eigenvalue weighted by molar-refractivity contribution is 9.10. The molecule has 0 amide bonds. The van der Waals surface area contributed by atoms with E-state index >= 15 is 0 Å². The largest absolute Gasteiger partial charge is 0.363 e. The number of hydrogen-bond acceptors (Lipinski definition) is 3. The Morgan fingerprint density at radius 2 is 2.00 bits per heavy atom. The highest BCUT2D eigenvalue weighted by Gasteiger charge is 2.47. The molecule has 1 saturated carbocycles. The molecule has 5 rings (SSSR count). The van der Waals surface area contributed by atoms with E-state index in [1.807, 2.05) is 12.3 Å². The Hall–Kier alpha value is -1.88. The van der Waals surface area contributed by atoms with Crippen LogP contribution in [-0.2, 0) is 6.42 Å². The Labute approximate surface area is 149 Å².